The van der Waals surface area contributed by atoms with E-state index in [9.17, 15) is 4.79 Å². The number of aromatic nitrogens is 2. The molecule has 1 fully saturated rings. The molecule has 1 amide bonds. The number of hydrogen-bond acceptors (Lipinski definition) is 6. The minimum atomic E-state index is -0.191. The molecule has 0 saturated heterocycles. The lowest BCUT2D eigenvalue weighted by Gasteiger charge is -2.28. The second kappa shape index (κ2) is 7.65. The number of rotatable bonds is 5. The Morgan fingerprint density at radius 2 is 2.04 bits per heavy atom. The molecule has 0 radical (unpaired) electrons. The highest BCUT2D eigenvalue weighted by Crippen LogP contribution is 2.26. The lowest BCUT2D eigenvalue weighted by atomic mass is 9.93. The van der Waals surface area contributed by atoms with Crippen molar-refractivity contribution in [2.24, 2.45) is 0 Å². The van der Waals surface area contributed by atoms with E-state index in [1.807, 2.05) is 12.1 Å². The van der Waals surface area contributed by atoms with Gasteiger partial charge >= 0.3 is 0 Å². The summed E-state index contributed by atoms with van der Waals surface area (Å²) in [4.78, 5) is 20.7. The molecule has 0 bridgehead atoms. The van der Waals surface area contributed by atoms with Crippen LogP contribution in [0.4, 0.5) is 0 Å². The molecule has 7 nitrogen and oxygen atoms in total. The predicted octanol–water partition coefficient (Wildman–Crippen LogP) is 3.35. The van der Waals surface area contributed by atoms with Crippen molar-refractivity contribution in [2.45, 2.75) is 37.8 Å². The maximum absolute atomic E-state index is 12.5. The van der Waals surface area contributed by atoms with Crippen LogP contribution >= 0.6 is 0 Å². The van der Waals surface area contributed by atoms with Crippen LogP contribution in [0.3, 0.4) is 0 Å². The summed E-state index contributed by atoms with van der Waals surface area (Å²) in [5.41, 5.74) is 0.669. The molecule has 3 aromatic rings. The van der Waals surface area contributed by atoms with Gasteiger partial charge in [-0.1, -0.05) is 0 Å². The number of hydrogen-bond donors (Lipinski definition) is 1. The van der Waals surface area contributed by atoms with Crippen LogP contribution in [0.2, 0.25) is 0 Å². The molecule has 0 atom stereocenters. The Balaban J connectivity index is 1.33. The standard InChI is InChI=1S/C20H21N3O4/c1-25-16-6-7-17-13(10-16)11-18(27-17)20(24)23-14-2-4-15(5-3-14)26-19-12-21-8-9-22-19/h6-12,14-15H,2-5H2,1H3,(H,23,24). The predicted molar refractivity (Wildman–Crippen MR) is 98.9 cm³/mol. The maximum Gasteiger partial charge on any atom is 0.287 e. The van der Waals surface area contributed by atoms with E-state index in [0.717, 1.165) is 36.8 Å². The molecule has 2 heterocycles. The molecule has 0 aliphatic heterocycles. The van der Waals surface area contributed by atoms with Crippen molar-refractivity contribution in [3.63, 3.8) is 0 Å². The van der Waals surface area contributed by atoms with Gasteiger partial charge in [0.2, 0.25) is 5.88 Å². The zero-order valence-corrected chi connectivity index (χ0v) is 15.1. The van der Waals surface area contributed by atoms with Crippen molar-refractivity contribution in [1.29, 1.82) is 0 Å². The number of fused-ring (bicyclic) bond motifs is 1. The molecule has 2 aromatic heterocycles. The summed E-state index contributed by atoms with van der Waals surface area (Å²) in [6.45, 7) is 0. The normalized spacial score (nSPS) is 19.6. The Labute approximate surface area is 156 Å². The molecular formula is C20H21N3O4. The Kier molecular flexibility index (Phi) is 4.91. The van der Waals surface area contributed by atoms with E-state index in [4.69, 9.17) is 13.9 Å². The van der Waals surface area contributed by atoms with Gasteiger partial charge in [-0.05, 0) is 49.9 Å². The molecule has 140 valence electrons. The van der Waals surface area contributed by atoms with Gasteiger partial charge < -0.3 is 19.2 Å². The van der Waals surface area contributed by atoms with E-state index < -0.39 is 0 Å². The number of nitrogens with one attached hydrogen (secondary N) is 1. The Bertz CT molecular complexity index is 917. The van der Waals surface area contributed by atoms with Gasteiger partial charge in [0.25, 0.3) is 5.91 Å². The van der Waals surface area contributed by atoms with Crippen LogP contribution in [0.15, 0.2) is 47.3 Å². The summed E-state index contributed by atoms with van der Waals surface area (Å²) < 4.78 is 16.7. The molecule has 4 rings (SSSR count). The topological polar surface area (TPSA) is 86.5 Å². The number of furan rings is 1. The number of nitrogens with zero attached hydrogens (tertiary/aromatic N) is 2. The number of methoxy groups -OCH3 is 1. The van der Waals surface area contributed by atoms with E-state index in [-0.39, 0.29) is 18.1 Å². The molecule has 1 saturated carbocycles. The molecule has 1 N–H and O–H groups in total. The second-order valence-electron chi connectivity index (χ2n) is 6.62. The largest absolute Gasteiger partial charge is 0.497 e. The second-order valence-corrected chi connectivity index (χ2v) is 6.62. The Morgan fingerprint density at radius 1 is 1.19 bits per heavy atom. The fraction of sp³-hybridized carbons (Fsp3) is 0.350. The quantitative estimate of drug-likeness (QED) is 0.744. The molecule has 0 unspecified atom stereocenters. The first kappa shape index (κ1) is 17.3. The van der Waals surface area contributed by atoms with Crippen LogP contribution in [-0.2, 0) is 0 Å². The monoisotopic (exact) mass is 367 g/mol. The Hall–Kier alpha value is -3.09. The van der Waals surface area contributed by atoms with Gasteiger partial charge in [0.1, 0.15) is 17.4 Å². The Morgan fingerprint density at radius 3 is 2.78 bits per heavy atom. The summed E-state index contributed by atoms with van der Waals surface area (Å²) in [7, 11) is 1.61. The average Bonchev–Trinajstić information content (AvgIpc) is 3.13. The summed E-state index contributed by atoms with van der Waals surface area (Å²) in [6, 6.07) is 7.33. The molecule has 27 heavy (non-hydrogen) atoms. The highest BCUT2D eigenvalue weighted by Gasteiger charge is 2.25. The lowest BCUT2D eigenvalue weighted by molar-refractivity contribution is 0.0865. The third-order valence-corrected chi connectivity index (χ3v) is 4.78. The first-order valence-electron chi connectivity index (χ1n) is 9.02. The third-order valence-electron chi connectivity index (χ3n) is 4.78. The maximum atomic E-state index is 12.5. The van der Waals surface area contributed by atoms with Crippen molar-refractivity contribution in [3.05, 3.63) is 48.6 Å². The van der Waals surface area contributed by atoms with Crippen molar-refractivity contribution in [3.8, 4) is 11.6 Å². The zero-order chi connectivity index (χ0) is 18.6. The number of benzene rings is 1. The van der Waals surface area contributed by atoms with Crippen LogP contribution in [0.25, 0.3) is 11.0 Å². The highest BCUT2D eigenvalue weighted by molar-refractivity contribution is 5.96. The summed E-state index contributed by atoms with van der Waals surface area (Å²) >= 11 is 0. The number of amides is 1. The van der Waals surface area contributed by atoms with Gasteiger partial charge in [-0.15, -0.1) is 0 Å². The number of carbonyl (C=O) groups excluding carboxylic acids is 1. The smallest absolute Gasteiger partial charge is 0.287 e. The van der Waals surface area contributed by atoms with Crippen LogP contribution in [0.1, 0.15) is 36.2 Å². The highest BCUT2D eigenvalue weighted by atomic mass is 16.5. The van der Waals surface area contributed by atoms with Crippen molar-refractivity contribution >= 4 is 16.9 Å². The van der Waals surface area contributed by atoms with Gasteiger partial charge in [-0.25, -0.2) is 4.98 Å². The van der Waals surface area contributed by atoms with Crippen LogP contribution in [0.5, 0.6) is 11.6 Å². The molecule has 0 spiro atoms. The van der Waals surface area contributed by atoms with E-state index >= 15 is 0 Å². The number of ether oxygens (including phenoxy) is 2. The fourth-order valence-corrected chi connectivity index (χ4v) is 3.36. The van der Waals surface area contributed by atoms with E-state index in [0.29, 0.717) is 17.2 Å². The van der Waals surface area contributed by atoms with Gasteiger partial charge in [-0.3, -0.25) is 9.78 Å². The number of carbonyl (C=O) groups is 1. The first-order valence-corrected chi connectivity index (χ1v) is 9.02. The minimum absolute atomic E-state index is 0.105. The molecule has 1 aliphatic rings. The van der Waals surface area contributed by atoms with Crippen molar-refractivity contribution in [1.82, 2.24) is 15.3 Å². The molecule has 7 heteroatoms. The van der Waals surface area contributed by atoms with Crippen LogP contribution < -0.4 is 14.8 Å². The van der Waals surface area contributed by atoms with Crippen molar-refractivity contribution < 1.29 is 18.7 Å². The van der Waals surface area contributed by atoms with Gasteiger partial charge in [0.15, 0.2) is 5.76 Å². The average molecular weight is 367 g/mol. The van der Waals surface area contributed by atoms with E-state index in [1.165, 1.54) is 0 Å². The fourth-order valence-electron chi connectivity index (χ4n) is 3.36. The third kappa shape index (κ3) is 4.02. The SMILES string of the molecule is COc1ccc2oc(C(=O)NC3CCC(Oc4cnccn4)CC3)cc2c1. The van der Waals surface area contributed by atoms with Crippen molar-refractivity contribution in [2.75, 3.05) is 7.11 Å². The van der Waals surface area contributed by atoms with E-state index in [2.05, 4.69) is 15.3 Å². The first-order chi connectivity index (χ1) is 13.2. The van der Waals surface area contributed by atoms with Gasteiger partial charge in [0.05, 0.1) is 13.3 Å². The molecule has 1 aromatic carbocycles. The molecular weight excluding hydrogens is 346 g/mol. The summed E-state index contributed by atoms with van der Waals surface area (Å²) in [6.07, 6.45) is 8.38. The van der Waals surface area contributed by atoms with Gasteiger partial charge in [0, 0.05) is 23.8 Å². The minimum Gasteiger partial charge on any atom is -0.497 e. The summed E-state index contributed by atoms with van der Waals surface area (Å²) in [5.74, 6) is 1.40. The van der Waals surface area contributed by atoms with Crippen LogP contribution in [-0.4, -0.2) is 35.1 Å². The van der Waals surface area contributed by atoms with Gasteiger partial charge in [-0.2, -0.15) is 0 Å². The summed E-state index contributed by atoms with van der Waals surface area (Å²) in [5, 5.41) is 3.91. The lowest BCUT2D eigenvalue weighted by Crippen LogP contribution is -2.39. The van der Waals surface area contributed by atoms with E-state index in [1.54, 1.807) is 37.8 Å². The zero-order valence-electron chi connectivity index (χ0n) is 15.1. The van der Waals surface area contributed by atoms with Crippen LogP contribution in [0, 0.1) is 0 Å². The molecule has 1 aliphatic carbocycles.